The van der Waals surface area contributed by atoms with Crippen molar-refractivity contribution in [1.29, 1.82) is 0 Å². The fourth-order valence-electron chi connectivity index (χ4n) is 3.55. The summed E-state index contributed by atoms with van der Waals surface area (Å²) >= 11 is 0. The molecule has 7 nitrogen and oxygen atoms in total. The van der Waals surface area contributed by atoms with E-state index in [-0.39, 0.29) is 30.7 Å². The molecule has 2 heterocycles. The highest BCUT2D eigenvalue weighted by molar-refractivity contribution is 6.21. The second kappa shape index (κ2) is 9.52. The number of pyridine rings is 1. The number of carbonyl (C=O) groups is 3. The molecule has 1 aromatic carbocycles. The molecule has 1 N–H and O–H groups in total. The van der Waals surface area contributed by atoms with Crippen LogP contribution in [-0.2, 0) is 11.3 Å². The molecular formula is C23H28N4O3. The van der Waals surface area contributed by atoms with Crippen LogP contribution in [0.5, 0.6) is 0 Å². The highest BCUT2D eigenvalue weighted by atomic mass is 16.2. The van der Waals surface area contributed by atoms with Gasteiger partial charge >= 0.3 is 0 Å². The fraction of sp³-hybridized carbons (Fsp3) is 0.391. The third kappa shape index (κ3) is 4.67. The maximum atomic E-state index is 12.5. The number of hydrogen-bond donors (Lipinski definition) is 1. The Morgan fingerprint density at radius 2 is 1.80 bits per heavy atom. The van der Waals surface area contributed by atoms with Crippen molar-refractivity contribution in [2.75, 3.05) is 24.5 Å². The van der Waals surface area contributed by atoms with Crippen LogP contribution in [0, 0.1) is 6.92 Å². The Morgan fingerprint density at radius 1 is 1.07 bits per heavy atom. The standard InChI is InChI=1S/C23H28N4O3/c1-4-26(5-2)20-11-9-17(14-24-20)15-25-21(28)7-6-12-27-22(29)18-10-8-16(3)13-19(18)23(27)30/h8-11,13-14H,4-7,12,15H2,1-3H3,(H,25,28). The van der Waals surface area contributed by atoms with Gasteiger partial charge < -0.3 is 10.2 Å². The number of nitrogens with one attached hydrogen (secondary N) is 1. The molecular weight excluding hydrogens is 380 g/mol. The molecule has 0 bridgehead atoms. The van der Waals surface area contributed by atoms with Crippen molar-refractivity contribution < 1.29 is 14.4 Å². The number of hydrogen-bond acceptors (Lipinski definition) is 5. The molecule has 1 aliphatic rings. The van der Waals surface area contributed by atoms with Crippen LogP contribution in [0.25, 0.3) is 0 Å². The molecule has 0 saturated carbocycles. The van der Waals surface area contributed by atoms with Crippen molar-refractivity contribution in [2.45, 2.75) is 40.2 Å². The van der Waals surface area contributed by atoms with Crippen molar-refractivity contribution in [3.8, 4) is 0 Å². The van der Waals surface area contributed by atoms with Crippen molar-refractivity contribution in [2.24, 2.45) is 0 Å². The normalized spacial score (nSPS) is 12.8. The molecule has 0 unspecified atom stereocenters. The van der Waals surface area contributed by atoms with E-state index in [4.69, 9.17) is 0 Å². The molecule has 0 aliphatic carbocycles. The molecule has 0 radical (unpaired) electrons. The Kier molecular flexibility index (Phi) is 6.82. The Labute approximate surface area is 177 Å². The quantitative estimate of drug-likeness (QED) is 0.645. The molecule has 30 heavy (non-hydrogen) atoms. The van der Waals surface area contributed by atoms with Crippen LogP contribution in [0.15, 0.2) is 36.5 Å². The number of benzene rings is 1. The Hall–Kier alpha value is -3.22. The summed E-state index contributed by atoms with van der Waals surface area (Å²) in [5.41, 5.74) is 2.76. The summed E-state index contributed by atoms with van der Waals surface area (Å²) in [6.07, 6.45) is 2.45. The molecule has 3 amide bonds. The maximum absolute atomic E-state index is 12.5. The van der Waals surface area contributed by atoms with Gasteiger partial charge in [0.05, 0.1) is 11.1 Å². The predicted molar refractivity (Wildman–Crippen MR) is 115 cm³/mol. The average Bonchev–Trinajstić information content (AvgIpc) is 2.98. The summed E-state index contributed by atoms with van der Waals surface area (Å²) in [5.74, 6) is 0.245. The van der Waals surface area contributed by atoms with Gasteiger partial charge in [-0.05, 0) is 51.0 Å². The lowest BCUT2D eigenvalue weighted by atomic mass is 10.1. The second-order valence-corrected chi connectivity index (χ2v) is 7.39. The summed E-state index contributed by atoms with van der Waals surface area (Å²) < 4.78 is 0. The Bertz CT molecular complexity index is 936. The fourth-order valence-corrected chi connectivity index (χ4v) is 3.55. The number of carbonyl (C=O) groups excluding carboxylic acids is 3. The first-order valence-corrected chi connectivity index (χ1v) is 10.4. The molecule has 0 fully saturated rings. The number of fused-ring (bicyclic) bond motifs is 1. The first-order valence-electron chi connectivity index (χ1n) is 10.4. The molecule has 158 valence electrons. The van der Waals surface area contributed by atoms with Crippen LogP contribution in [0.3, 0.4) is 0 Å². The van der Waals surface area contributed by atoms with Gasteiger partial charge in [-0.2, -0.15) is 0 Å². The predicted octanol–water partition coefficient (Wildman–Crippen LogP) is 2.93. The summed E-state index contributed by atoms with van der Waals surface area (Å²) in [5, 5.41) is 2.87. The lowest BCUT2D eigenvalue weighted by molar-refractivity contribution is -0.121. The minimum absolute atomic E-state index is 0.115. The largest absolute Gasteiger partial charge is 0.357 e. The zero-order valence-electron chi connectivity index (χ0n) is 17.8. The summed E-state index contributed by atoms with van der Waals surface area (Å²) in [6, 6.07) is 9.17. The van der Waals surface area contributed by atoms with Crippen LogP contribution < -0.4 is 10.2 Å². The molecule has 2 aromatic rings. The smallest absolute Gasteiger partial charge is 0.261 e. The van der Waals surface area contributed by atoms with Crippen molar-refractivity contribution >= 4 is 23.5 Å². The van der Waals surface area contributed by atoms with Crippen molar-refractivity contribution in [3.63, 3.8) is 0 Å². The van der Waals surface area contributed by atoms with E-state index in [1.54, 1.807) is 18.3 Å². The van der Waals surface area contributed by atoms with Crippen LogP contribution >= 0.6 is 0 Å². The Balaban J connectivity index is 1.44. The first-order chi connectivity index (χ1) is 14.4. The first kappa shape index (κ1) is 21.5. The third-order valence-corrected chi connectivity index (χ3v) is 5.30. The lowest BCUT2D eigenvalue weighted by Gasteiger charge is -2.19. The summed E-state index contributed by atoms with van der Waals surface area (Å²) in [4.78, 5) is 44.9. The minimum atomic E-state index is -0.283. The van der Waals surface area contributed by atoms with Gasteiger partial charge in [-0.25, -0.2) is 4.98 Å². The van der Waals surface area contributed by atoms with Gasteiger partial charge in [0.25, 0.3) is 11.8 Å². The lowest BCUT2D eigenvalue weighted by Crippen LogP contribution is -2.32. The number of imide groups is 1. The molecule has 0 spiro atoms. The zero-order valence-corrected chi connectivity index (χ0v) is 17.8. The van der Waals surface area contributed by atoms with E-state index in [2.05, 4.69) is 29.0 Å². The highest BCUT2D eigenvalue weighted by Crippen LogP contribution is 2.24. The van der Waals surface area contributed by atoms with E-state index in [0.717, 1.165) is 30.0 Å². The van der Waals surface area contributed by atoms with E-state index < -0.39 is 0 Å². The summed E-state index contributed by atoms with van der Waals surface area (Å²) in [7, 11) is 0. The van der Waals surface area contributed by atoms with Crippen LogP contribution in [0.2, 0.25) is 0 Å². The maximum Gasteiger partial charge on any atom is 0.261 e. The van der Waals surface area contributed by atoms with Gasteiger partial charge in [0.15, 0.2) is 0 Å². The van der Waals surface area contributed by atoms with Crippen LogP contribution in [-0.4, -0.2) is 47.2 Å². The van der Waals surface area contributed by atoms with Gasteiger partial charge in [-0.1, -0.05) is 17.7 Å². The second-order valence-electron chi connectivity index (χ2n) is 7.39. The molecule has 0 saturated heterocycles. The Morgan fingerprint density at radius 3 is 2.47 bits per heavy atom. The van der Waals surface area contributed by atoms with Gasteiger partial charge in [0.1, 0.15) is 5.82 Å². The van der Waals surface area contributed by atoms with Gasteiger partial charge in [-0.3, -0.25) is 19.3 Å². The van der Waals surface area contributed by atoms with Crippen LogP contribution in [0.1, 0.15) is 58.5 Å². The number of rotatable bonds is 9. The van der Waals surface area contributed by atoms with E-state index in [9.17, 15) is 14.4 Å². The molecule has 1 aliphatic heterocycles. The van der Waals surface area contributed by atoms with E-state index in [1.165, 1.54) is 4.90 Å². The van der Waals surface area contributed by atoms with Crippen LogP contribution in [0.4, 0.5) is 5.82 Å². The molecule has 1 aromatic heterocycles. The minimum Gasteiger partial charge on any atom is -0.357 e. The summed E-state index contributed by atoms with van der Waals surface area (Å²) in [6.45, 7) is 8.48. The zero-order chi connectivity index (χ0) is 21.7. The average molecular weight is 409 g/mol. The van der Waals surface area contributed by atoms with Gasteiger partial charge in [0.2, 0.25) is 5.91 Å². The van der Waals surface area contributed by atoms with Gasteiger partial charge in [-0.15, -0.1) is 0 Å². The third-order valence-electron chi connectivity index (χ3n) is 5.30. The van der Waals surface area contributed by atoms with E-state index >= 15 is 0 Å². The monoisotopic (exact) mass is 408 g/mol. The van der Waals surface area contributed by atoms with Crippen molar-refractivity contribution in [1.82, 2.24) is 15.2 Å². The molecule has 7 heteroatoms. The topological polar surface area (TPSA) is 82.6 Å². The van der Waals surface area contributed by atoms with E-state index in [0.29, 0.717) is 24.1 Å². The molecule has 0 atom stereocenters. The number of anilines is 1. The van der Waals surface area contributed by atoms with Crippen molar-refractivity contribution in [3.05, 3.63) is 58.8 Å². The SMILES string of the molecule is CCN(CC)c1ccc(CNC(=O)CCCN2C(=O)c3ccc(C)cc3C2=O)cn1. The number of aryl methyl sites for hydroxylation is 1. The molecule has 3 rings (SSSR count). The number of nitrogens with zero attached hydrogens (tertiary/aromatic N) is 3. The highest BCUT2D eigenvalue weighted by Gasteiger charge is 2.34. The van der Waals surface area contributed by atoms with Gasteiger partial charge in [0, 0.05) is 38.8 Å². The number of aromatic nitrogens is 1. The number of amides is 3. The van der Waals surface area contributed by atoms with E-state index in [1.807, 2.05) is 25.1 Å².